The molecule has 8 saturated carbocycles. The van der Waals surface area contributed by atoms with Gasteiger partial charge in [0.05, 0.1) is 11.2 Å². The van der Waals surface area contributed by atoms with Crippen molar-refractivity contribution in [3.8, 4) is 0 Å². The number of aliphatic hydroxyl groups is 1. The molecule has 33 heavy (non-hydrogen) atoms. The molecule has 4 atom stereocenters. The Morgan fingerprint density at radius 1 is 0.909 bits per heavy atom. The van der Waals surface area contributed by atoms with Gasteiger partial charge < -0.3 is 19.3 Å². The molecule has 8 rings (SSSR count). The summed E-state index contributed by atoms with van der Waals surface area (Å²) in [5, 5.41) is 10.9. The Balaban J connectivity index is 1.08. The zero-order valence-corrected chi connectivity index (χ0v) is 19.2. The quantitative estimate of drug-likeness (QED) is 0.598. The zero-order chi connectivity index (χ0) is 23.2. The maximum Gasteiger partial charge on any atom is 0.376 e. The van der Waals surface area contributed by atoms with Gasteiger partial charge in [-0.2, -0.15) is 8.78 Å². The Hall–Kier alpha value is -1.28. The standard InChI is InChI=1S/C25H34F2O6/c1-22(26,27)21(29)32-20-17-3-14-4-18(20)11-24(7-14,10-17)33-19(28)12-31-25-8-15-2-16(9-25)6-23(30,5-15)13-25/h14-18,20,30H,2-13H2,1H3. The normalized spacial score (nSPS) is 49.3. The fourth-order valence-electron chi connectivity index (χ4n) is 9.23. The number of ether oxygens (including phenoxy) is 3. The summed E-state index contributed by atoms with van der Waals surface area (Å²) in [7, 11) is 0. The average Bonchev–Trinajstić information content (AvgIpc) is 2.65. The monoisotopic (exact) mass is 468 g/mol. The van der Waals surface area contributed by atoms with E-state index in [9.17, 15) is 23.5 Å². The minimum Gasteiger partial charge on any atom is -0.457 e. The van der Waals surface area contributed by atoms with Crippen molar-refractivity contribution in [3.05, 3.63) is 0 Å². The predicted octanol–water partition coefficient (Wildman–Crippen LogP) is 3.78. The summed E-state index contributed by atoms with van der Waals surface area (Å²) in [4.78, 5) is 24.7. The van der Waals surface area contributed by atoms with Gasteiger partial charge in [-0.15, -0.1) is 0 Å². The van der Waals surface area contributed by atoms with Crippen LogP contribution in [0.15, 0.2) is 0 Å². The highest BCUT2D eigenvalue weighted by Gasteiger charge is 2.60. The molecule has 1 N–H and O–H groups in total. The highest BCUT2D eigenvalue weighted by atomic mass is 19.3. The lowest BCUT2D eigenvalue weighted by Gasteiger charge is -2.60. The molecule has 4 unspecified atom stereocenters. The van der Waals surface area contributed by atoms with E-state index in [4.69, 9.17) is 14.2 Å². The number of hydrogen-bond acceptors (Lipinski definition) is 6. The van der Waals surface area contributed by atoms with Gasteiger partial charge in [0.15, 0.2) is 0 Å². The summed E-state index contributed by atoms with van der Waals surface area (Å²) in [6.45, 7) is 0.453. The molecule has 6 nitrogen and oxygen atoms in total. The molecule has 0 amide bonds. The van der Waals surface area contributed by atoms with Gasteiger partial charge in [0.25, 0.3) is 0 Å². The fourth-order valence-corrected chi connectivity index (χ4v) is 9.23. The lowest BCUT2D eigenvalue weighted by Crippen LogP contribution is -2.61. The molecule has 8 aliphatic rings. The Morgan fingerprint density at radius 2 is 1.52 bits per heavy atom. The van der Waals surface area contributed by atoms with Crippen LogP contribution in [0.1, 0.15) is 77.6 Å². The maximum atomic E-state index is 13.4. The largest absolute Gasteiger partial charge is 0.457 e. The second kappa shape index (κ2) is 7.12. The van der Waals surface area contributed by atoms with E-state index in [1.807, 2.05) is 0 Å². The van der Waals surface area contributed by atoms with Crippen LogP contribution < -0.4 is 0 Å². The van der Waals surface area contributed by atoms with Crippen LogP contribution in [0.5, 0.6) is 0 Å². The number of rotatable bonds is 6. The van der Waals surface area contributed by atoms with Gasteiger partial charge in [-0.1, -0.05) is 0 Å². The number of carbonyl (C=O) groups excluding carboxylic acids is 2. The number of hydrogen-bond donors (Lipinski definition) is 1. The highest BCUT2D eigenvalue weighted by molar-refractivity contribution is 5.77. The number of esters is 2. The van der Waals surface area contributed by atoms with E-state index >= 15 is 0 Å². The van der Waals surface area contributed by atoms with Crippen molar-refractivity contribution in [2.24, 2.45) is 29.6 Å². The van der Waals surface area contributed by atoms with E-state index in [0.717, 1.165) is 51.4 Å². The molecule has 0 aromatic heterocycles. The van der Waals surface area contributed by atoms with Crippen LogP contribution in [-0.4, -0.2) is 52.5 Å². The SMILES string of the molecule is CC(F)(F)C(=O)OC1C2CC3CC1CC(OC(=O)COC14CC5CC(CC(O)(C5)C1)C4)(C3)C2. The summed E-state index contributed by atoms with van der Waals surface area (Å²) in [6.07, 6.45) is 8.28. The van der Waals surface area contributed by atoms with Gasteiger partial charge in [-0.25, -0.2) is 9.59 Å². The van der Waals surface area contributed by atoms with E-state index < -0.39 is 34.8 Å². The summed E-state index contributed by atoms with van der Waals surface area (Å²) in [5.41, 5.74) is -1.66. The minimum absolute atomic E-state index is 0.0475. The number of carbonyl (C=O) groups is 2. The lowest BCUT2D eigenvalue weighted by atomic mass is 9.52. The molecular weight excluding hydrogens is 434 g/mol. The van der Waals surface area contributed by atoms with Crippen molar-refractivity contribution in [1.82, 2.24) is 0 Å². The number of alkyl halides is 2. The van der Waals surface area contributed by atoms with Gasteiger partial charge in [-0.05, 0) is 82.0 Å². The molecule has 0 aliphatic heterocycles. The molecule has 184 valence electrons. The van der Waals surface area contributed by atoms with E-state index in [1.165, 1.54) is 0 Å². The van der Waals surface area contributed by atoms with E-state index in [1.54, 1.807) is 0 Å². The minimum atomic E-state index is -3.50. The Bertz CT molecular complexity index is 822. The van der Waals surface area contributed by atoms with Crippen molar-refractivity contribution >= 4 is 11.9 Å². The second-order valence-corrected chi connectivity index (χ2v) is 12.5. The second-order valence-electron chi connectivity index (χ2n) is 12.5. The molecule has 8 heteroatoms. The van der Waals surface area contributed by atoms with Crippen LogP contribution in [0, 0.1) is 29.6 Å². The molecular formula is C25H34F2O6. The van der Waals surface area contributed by atoms with Crippen molar-refractivity contribution in [2.45, 2.75) is 106 Å². The molecule has 8 bridgehead atoms. The van der Waals surface area contributed by atoms with Crippen LogP contribution in [0.25, 0.3) is 0 Å². The molecule has 0 spiro atoms. The third-order valence-electron chi connectivity index (χ3n) is 9.54. The van der Waals surface area contributed by atoms with E-state index in [0.29, 0.717) is 43.9 Å². The summed E-state index contributed by atoms with van der Waals surface area (Å²) in [6, 6.07) is 0. The molecule has 8 aliphatic carbocycles. The Morgan fingerprint density at radius 3 is 2.09 bits per heavy atom. The van der Waals surface area contributed by atoms with E-state index in [2.05, 4.69) is 0 Å². The van der Waals surface area contributed by atoms with Crippen molar-refractivity contribution in [3.63, 3.8) is 0 Å². The van der Waals surface area contributed by atoms with Crippen LogP contribution in [0.4, 0.5) is 8.78 Å². The molecule has 0 aromatic rings. The molecule has 0 saturated heterocycles. The van der Waals surface area contributed by atoms with Crippen molar-refractivity contribution in [2.75, 3.05) is 6.61 Å². The summed E-state index contributed by atoms with van der Waals surface area (Å²) in [5.74, 6) is -4.12. The Labute approximate surface area is 192 Å². The van der Waals surface area contributed by atoms with Gasteiger partial charge in [0, 0.05) is 25.2 Å². The van der Waals surface area contributed by atoms with Crippen LogP contribution in [0.3, 0.4) is 0 Å². The number of halogens is 2. The smallest absolute Gasteiger partial charge is 0.376 e. The predicted molar refractivity (Wildman–Crippen MR) is 111 cm³/mol. The third-order valence-corrected chi connectivity index (χ3v) is 9.54. The summed E-state index contributed by atoms with van der Waals surface area (Å²) < 4.78 is 44.3. The lowest BCUT2D eigenvalue weighted by molar-refractivity contribution is -0.238. The van der Waals surface area contributed by atoms with Gasteiger partial charge in [0.1, 0.15) is 18.3 Å². The van der Waals surface area contributed by atoms with Crippen LogP contribution >= 0.6 is 0 Å². The molecule has 0 radical (unpaired) electrons. The zero-order valence-electron chi connectivity index (χ0n) is 19.2. The Kier molecular flexibility index (Phi) is 4.79. The van der Waals surface area contributed by atoms with Gasteiger partial charge in [-0.3, -0.25) is 0 Å². The topological polar surface area (TPSA) is 82.1 Å². The van der Waals surface area contributed by atoms with Crippen molar-refractivity contribution < 1.29 is 37.7 Å². The first-order valence-electron chi connectivity index (χ1n) is 12.6. The molecule has 8 fully saturated rings. The third kappa shape index (κ3) is 3.89. The maximum absolute atomic E-state index is 13.4. The van der Waals surface area contributed by atoms with Gasteiger partial charge in [0.2, 0.25) is 0 Å². The fraction of sp³-hybridized carbons (Fsp3) is 0.920. The first kappa shape index (κ1) is 22.2. The van der Waals surface area contributed by atoms with Crippen molar-refractivity contribution in [1.29, 1.82) is 0 Å². The van der Waals surface area contributed by atoms with Gasteiger partial charge >= 0.3 is 17.9 Å². The average molecular weight is 469 g/mol. The summed E-state index contributed by atoms with van der Waals surface area (Å²) >= 11 is 0. The van der Waals surface area contributed by atoms with Crippen LogP contribution in [-0.2, 0) is 23.8 Å². The van der Waals surface area contributed by atoms with Crippen LogP contribution in [0.2, 0.25) is 0 Å². The molecule has 0 heterocycles. The first-order valence-corrected chi connectivity index (χ1v) is 12.6. The first-order chi connectivity index (χ1) is 15.4. The highest BCUT2D eigenvalue weighted by Crippen LogP contribution is 2.60. The van der Waals surface area contributed by atoms with E-state index in [-0.39, 0.29) is 24.4 Å². The molecule has 0 aromatic carbocycles.